The largest absolute Gasteiger partial charge is 0.449 e. The van der Waals surface area contributed by atoms with E-state index in [-0.39, 0.29) is 35.0 Å². The number of alkyl carbamates (subject to hydrolysis) is 1. The van der Waals surface area contributed by atoms with E-state index in [1.54, 1.807) is 0 Å². The summed E-state index contributed by atoms with van der Waals surface area (Å²) in [6.07, 6.45) is 7.75. The lowest BCUT2D eigenvalue weighted by atomic mass is 9.41. The minimum atomic E-state index is -0.342. The number of benzene rings is 1. The van der Waals surface area contributed by atoms with Crippen molar-refractivity contribution in [1.29, 1.82) is 0 Å². The van der Waals surface area contributed by atoms with Crippen molar-refractivity contribution in [3.05, 3.63) is 35.9 Å². The van der Waals surface area contributed by atoms with Crippen LogP contribution in [0.3, 0.4) is 0 Å². The Morgan fingerprint density at radius 2 is 1.73 bits per heavy atom. The van der Waals surface area contributed by atoms with Gasteiger partial charge in [0.15, 0.2) is 0 Å². The van der Waals surface area contributed by atoms with Gasteiger partial charge in [-0.15, -0.1) is 0 Å². The van der Waals surface area contributed by atoms with Crippen LogP contribution in [0.2, 0.25) is 0 Å². The van der Waals surface area contributed by atoms with E-state index in [9.17, 15) is 15.0 Å². The SMILES string of the molecule is CC[C@@H]1C2C[C@H](O)CCC2(C)[C@H]2CCC3(C)[C@@H]([C@H](C)COC(=O)NCc4ccccc4)CC[C@H]3C2[C@@H]1O. The topological polar surface area (TPSA) is 78.8 Å². The lowest BCUT2D eigenvalue weighted by Crippen LogP contribution is -2.62. The monoisotopic (exact) mass is 511 g/mol. The van der Waals surface area contributed by atoms with Crippen molar-refractivity contribution in [2.24, 2.45) is 52.3 Å². The highest BCUT2D eigenvalue weighted by Gasteiger charge is 2.64. The molecule has 0 aliphatic heterocycles. The molecule has 4 saturated carbocycles. The van der Waals surface area contributed by atoms with E-state index in [4.69, 9.17) is 4.74 Å². The van der Waals surface area contributed by atoms with Crippen LogP contribution < -0.4 is 5.32 Å². The van der Waals surface area contributed by atoms with E-state index in [1.165, 1.54) is 19.3 Å². The van der Waals surface area contributed by atoms with E-state index >= 15 is 0 Å². The number of amides is 1. The highest BCUT2D eigenvalue weighted by atomic mass is 16.5. The minimum absolute atomic E-state index is 0.182. The van der Waals surface area contributed by atoms with Gasteiger partial charge in [0.1, 0.15) is 0 Å². The summed E-state index contributed by atoms with van der Waals surface area (Å²) in [6.45, 7) is 10.4. The van der Waals surface area contributed by atoms with E-state index in [0.29, 0.717) is 48.7 Å². The summed E-state index contributed by atoms with van der Waals surface area (Å²) in [5.41, 5.74) is 1.48. The number of carbonyl (C=O) groups is 1. The number of nitrogens with one attached hydrogen (secondary N) is 1. The first kappa shape index (κ1) is 27.0. The smallest absolute Gasteiger partial charge is 0.407 e. The first-order chi connectivity index (χ1) is 17.7. The molecule has 3 N–H and O–H groups in total. The molecule has 1 aromatic rings. The third-order valence-corrected chi connectivity index (χ3v) is 11.9. The molecule has 5 heteroatoms. The van der Waals surface area contributed by atoms with E-state index < -0.39 is 0 Å². The molecule has 0 heterocycles. The van der Waals surface area contributed by atoms with Crippen molar-refractivity contribution >= 4 is 6.09 Å². The highest BCUT2D eigenvalue weighted by Crippen LogP contribution is 2.69. The van der Waals surface area contributed by atoms with E-state index in [2.05, 4.69) is 33.0 Å². The Hall–Kier alpha value is -1.59. The Kier molecular flexibility index (Phi) is 7.68. The molecule has 0 bridgehead atoms. The summed E-state index contributed by atoms with van der Waals surface area (Å²) in [6, 6.07) is 9.92. The lowest BCUT2D eigenvalue weighted by Gasteiger charge is -2.64. The van der Waals surface area contributed by atoms with Gasteiger partial charge in [0.2, 0.25) is 0 Å². The van der Waals surface area contributed by atoms with Gasteiger partial charge in [0, 0.05) is 6.54 Å². The standard InChI is InChI=1S/C32H49NO4/c1-5-23-27-17-22(34)13-15-32(27,4)26-14-16-31(3)24(11-12-25(31)28(26)29(23)35)20(2)19-37-30(36)33-18-21-9-7-6-8-10-21/h6-10,20,22-29,34-35H,5,11-19H2,1-4H3,(H,33,36)/t20-,22-,23-,24-,25+,26+,27?,28?,29-,31?,32?/m1/s1. The van der Waals surface area contributed by atoms with Crippen LogP contribution in [0.15, 0.2) is 30.3 Å². The summed E-state index contributed by atoms with van der Waals surface area (Å²) in [5, 5.41) is 25.3. The maximum Gasteiger partial charge on any atom is 0.407 e. The maximum absolute atomic E-state index is 12.4. The Bertz CT molecular complexity index is 938. The van der Waals surface area contributed by atoms with Crippen molar-refractivity contribution < 1.29 is 19.7 Å². The normalized spacial score (nSPS) is 43.7. The van der Waals surface area contributed by atoms with Crippen molar-refractivity contribution in [3.63, 3.8) is 0 Å². The molecule has 1 amide bonds. The van der Waals surface area contributed by atoms with Gasteiger partial charge < -0.3 is 20.3 Å². The molecule has 0 saturated heterocycles. The Morgan fingerprint density at radius 1 is 1.03 bits per heavy atom. The zero-order chi connectivity index (χ0) is 26.4. The number of aliphatic hydroxyl groups excluding tert-OH is 2. The van der Waals surface area contributed by atoms with Crippen LogP contribution in [0.1, 0.15) is 84.6 Å². The highest BCUT2D eigenvalue weighted by molar-refractivity contribution is 5.67. The maximum atomic E-state index is 12.4. The number of hydrogen-bond donors (Lipinski definition) is 3. The molecular weight excluding hydrogens is 462 g/mol. The summed E-state index contributed by atoms with van der Waals surface area (Å²) in [7, 11) is 0. The fraction of sp³-hybridized carbons (Fsp3) is 0.781. The second kappa shape index (κ2) is 10.5. The Labute approximate surface area is 223 Å². The molecule has 1 aromatic carbocycles. The predicted octanol–water partition coefficient (Wildman–Crippen LogP) is 6.18. The minimum Gasteiger partial charge on any atom is -0.449 e. The molecule has 5 nitrogen and oxygen atoms in total. The number of fused-ring (bicyclic) bond motifs is 5. The second-order valence-electron chi connectivity index (χ2n) is 13.5. The van der Waals surface area contributed by atoms with Gasteiger partial charge in [-0.2, -0.15) is 0 Å². The van der Waals surface area contributed by atoms with E-state index in [1.807, 2.05) is 30.3 Å². The quantitative estimate of drug-likeness (QED) is 0.426. The van der Waals surface area contributed by atoms with Crippen LogP contribution in [0.25, 0.3) is 0 Å². The zero-order valence-corrected chi connectivity index (χ0v) is 23.4. The predicted molar refractivity (Wildman–Crippen MR) is 146 cm³/mol. The van der Waals surface area contributed by atoms with Crippen molar-refractivity contribution in [2.45, 2.75) is 97.8 Å². The van der Waals surface area contributed by atoms with Gasteiger partial charge in [-0.3, -0.25) is 0 Å². The first-order valence-corrected chi connectivity index (χ1v) is 15.0. The summed E-state index contributed by atoms with van der Waals surface area (Å²) in [4.78, 5) is 12.4. The van der Waals surface area contributed by atoms with E-state index in [0.717, 1.165) is 37.7 Å². The fourth-order valence-electron chi connectivity index (χ4n) is 10.1. The van der Waals surface area contributed by atoms with Crippen LogP contribution in [0.4, 0.5) is 4.79 Å². The molecule has 0 aromatic heterocycles. The zero-order valence-electron chi connectivity index (χ0n) is 23.4. The summed E-state index contributed by atoms with van der Waals surface area (Å²) in [5.74, 6) is 2.95. The van der Waals surface area contributed by atoms with Crippen LogP contribution >= 0.6 is 0 Å². The van der Waals surface area contributed by atoms with Gasteiger partial charge in [0.25, 0.3) is 0 Å². The van der Waals surface area contributed by atoms with Gasteiger partial charge in [-0.25, -0.2) is 4.79 Å². The lowest BCUT2D eigenvalue weighted by molar-refractivity contribution is -0.203. The molecule has 4 aliphatic carbocycles. The average Bonchev–Trinajstić information content (AvgIpc) is 3.25. The molecule has 0 spiro atoms. The molecule has 11 atom stereocenters. The Morgan fingerprint density at radius 3 is 2.46 bits per heavy atom. The second-order valence-corrected chi connectivity index (χ2v) is 13.5. The van der Waals surface area contributed by atoms with Gasteiger partial charge in [-0.1, -0.05) is 64.4 Å². The number of ether oxygens (including phenoxy) is 1. The molecule has 4 fully saturated rings. The van der Waals surface area contributed by atoms with Crippen LogP contribution in [-0.4, -0.2) is 35.1 Å². The summed E-state index contributed by atoms with van der Waals surface area (Å²) >= 11 is 0. The molecule has 206 valence electrons. The molecule has 4 unspecified atom stereocenters. The fourth-order valence-corrected chi connectivity index (χ4v) is 10.1. The van der Waals surface area contributed by atoms with Crippen LogP contribution in [0.5, 0.6) is 0 Å². The third kappa shape index (κ3) is 4.73. The Balaban J connectivity index is 1.25. The molecule has 5 rings (SSSR count). The van der Waals surface area contributed by atoms with Gasteiger partial charge in [0.05, 0.1) is 18.8 Å². The van der Waals surface area contributed by atoms with Crippen LogP contribution in [0, 0.1) is 52.3 Å². The van der Waals surface area contributed by atoms with Gasteiger partial charge in [-0.05, 0) is 103 Å². The average molecular weight is 512 g/mol. The van der Waals surface area contributed by atoms with Crippen molar-refractivity contribution in [1.82, 2.24) is 5.32 Å². The molecule has 0 radical (unpaired) electrons. The molecule has 37 heavy (non-hydrogen) atoms. The molecular formula is C32H49NO4. The van der Waals surface area contributed by atoms with Gasteiger partial charge >= 0.3 is 6.09 Å². The van der Waals surface area contributed by atoms with Crippen molar-refractivity contribution in [3.8, 4) is 0 Å². The number of aliphatic hydroxyl groups is 2. The first-order valence-electron chi connectivity index (χ1n) is 15.0. The van der Waals surface area contributed by atoms with Crippen LogP contribution in [-0.2, 0) is 11.3 Å². The van der Waals surface area contributed by atoms with Crippen molar-refractivity contribution in [2.75, 3.05) is 6.61 Å². The number of hydrogen-bond acceptors (Lipinski definition) is 4. The number of carbonyl (C=O) groups excluding carboxylic acids is 1. The third-order valence-electron chi connectivity index (χ3n) is 11.9. The molecule has 4 aliphatic rings. The summed E-state index contributed by atoms with van der Waals surface area (Å²) < 4.78 is 5.70. The number of rotatable bonds is 6.